The van der Waals surface area contributed by atoms with Crippen LogP contribution in [0.15, 0.2) is 41.8 Å². The maximum absolute atomic E-state index is 13.6. The molecule has 0 aromatic heterocycles. The summed E-state index contributed by atoms with van der Waals surface area (Å²) in [6.45, 7) is 3.63. The van der Waals surface area contributed by atoms with Crippen LogP contribution in [-0.4, -0.2) is 15.0 Å². The zero-order valence-electron chi connectivity index (χ0n) is 12.3. The maximum atomic E-state index is 13.6. The fourth-order valence-corrected chi connectivity index (χ4v) is 3.00. The van der Waals surface area contributed by atoms with E-state index in [2.05, 4.69) is 6.58 Å². The number of halogens is 5. The summed E-state index contributed by atoms with van der Waals surface area (Å²) in [5.41, 5.74) is -0.171. The van der Waals surface area contributed by atoms with E-state index in [1.807, 2.05) is 0 Å². The van der Waals surface area contributed by atoms with E-state index in [9.17, 15) is 30.4 Å². The van der Waals surface area contributed by atoms with Gasteiger partial charge in [-0.15, -0.1) is 0 Å². The molecule has 0 atom stereocenters. The van der Waals surface area contributed by atoms with E-state index in [1.54, 1.807) is 4.72 Å². The summed E-state index contributed by atoms with van der Waals surface area (Å²) in [6, 6.07) is 5.03. The Morgan fingerprint density at radius 3 is 1.88 bits per heavy atom. The molecule has 0 aliphatic carbocycles. The Hall–Kier alpha value is -2.62. The molecular formula is C15H10F5NO3S. The van der Waals surface area contributed by atoms with Crippen LogP contribution in [0.2, 0.25) is 0 Å². The van der Waals surface area contributed by atoms with Crippen molar-refractivity contribution in [2.45, 2.75) is 4.90 Å². The van der Waals surface area contributed by atoms with E-state index in [0.29, 0.717) is 5.75 Å². The topological polar surface area (TPSA) is 55.4 Å². The number of hydrogen-bond acceptors (Lipinski definition) is 3. The van der Waals surface area contributed by atoms with Crippen molar-refractivity contribution in [3.63, 3.8) is 0 Å². The van der Waals surface area contributed by atoms with Crippen LogP contribution in [0.1, 0.15) is 0 Å². The number of hydrogen-bond donors (Lipinski definition) is 1. The molecule has 0 aliphatic heterocycles. The minimum atomic E-state index is -5.07. The fraction of sp³-hybridized carbons (Fsp3) is 0.0667. The molecule has 0 amide bonds. The molecule has 0 fully saturated rings. The van der Waals surface area contributed by atoms with Crippen molar-refractivity contribution < 1.29 is 35.1 Å². The second-order valence-corrected chi connectivity index (χ2v) is 6.25. The lowest BCUT2D eigenvalue weighted by atomic mass is 10.3. The SMILES string of the molecule is C=CCOc1ccc(NS(=O)(=O)c2c(F)c(F)c(F)c(F)c2F)cc1. The van der Waals surface area contributed by atoms with Gasteiger partial charge in [-0.1, -0.05) is 12.7 Å². The highest BCUT2D eigenvalue weighted by Gasteiger charge is 2.33. The van der Waals surface area contributed by atoms with Gasteiger partial charge in [0.25, 0.3) is 10.0 Å². The summed E-state index contributed by atoms with van der Waals surface area (Å²) < 4.78 is 97.5. The van der Waals surface area contributed by atoms with Gasteiger partial charge in [0.1, 0.15) is 12.4 Å². The number of ether oxygens (including phenoxy) is 1. The van der Waals surface area contributed by atoms with Gasteiger partial charge in [0.15, 0.2) is 28.2 Å². The van der Waals surface area contributed by atoms with Gasteiger partial charge in [0, 0.05) is 5.69 Å². The van der Waals surface area contributed by atoms with E-state index in [1.165, 1.54) is 30.3 Å². The predicted octanol–water partition coefficient (Wildman–Crippen LogP) is 3.75. The average molecular weight is 379 g/mol. The lowest BCUT2D eigenvalue weighted by Gasteiger charge is -2.12. The van der Waals surface area contributed by atoms with Crippen LogP contribution in [0.4, 0.5) is 27.6 Å². The lowest BCUT2D eigenvalue weighted by Crippen LogP contribution is -2.19. The molecule has 2 rings (SSSR count). The zero-order valence-corrected chi connectivity index (χ0v) is 13.1. The molecule has 0 spiro atoms. The van der Waals surface area contributed by atoms with Gasteiger partial charge in [0.2, 0.25) is 5.82 Å². The van der Waals surface area contributed by atoms with Crippen molar-refractivity contribution in [1.82, 2.24) is 0 Å². The van der Waals surface area contributed by atoms with Crippen LogP contribution in [0.3, 0.4) is 0 Å². The van der Waals surface area contributed by atoms with Gasteiger partial charge >= 0.3 is 0 Å². The maximum Gasteiger partial charge on any atom is 0.267 e. The largest absolute Gasteiger partial charge is 0.490 e. The minimum absolute atomic E-state index is 0.171. The van der Waals surface area contributed by atoms with Crippen LogP contribution in [0, 0.1) is 29.1 Å². The Labute approximate surface area is 139 Å². The number of benzene rings is 2. The molecule has 2 aromatic carbocycles. The second kappa shape index (κ2) is 7.09. The van der Waals surface area contributed by atoms with E-state index < -0.39 is 44.0 Å². The van der Waals surface area contributed by atoms with Crippen LogP contribution >= 0.6 is 0 Å². The second-order valence-electron chi connectivity index (χ2n) is 4.63. The highest BCUT2D eigenvalue weighted by molar-refractivity contribution is 7.92. The normalized spacial score (nSPS) is 11.2. The number of sulfonamides is 1. The number of anilines is 1. The van der Waals surface area contributed by atoms with Gasteiger partial charge in [0.05, 0.1) is 0 Å². The Morgan fingerprint density at radius 1 is 0.920 bits per heavy atom. The molecule has 0 saturated carbocycles. The Balaban J connectivity index is 2.39. The summed E-state index contributed by atoms with van der Waals surface area (Å²) in [5.74, 6) is -11.7. The smallest absolute Gasteiger partial charge is 0.267 e. The van der Waals surface area contributed by atoms with E-state index in [4.69, 9.17) is 4.74 Å². The first-order valence-corrected chi connectivity index (χ1v) is 8.05. The van der Waals surface area contributed by atoms with E-state index >= 15 is 0 Å². The number of rotatable bonds is 6. The van der Waals surface area contributed by atoms with E-state index in [0.717, 1.165) is 0 Å². The molecule has 0 saturated heterocycles. The Morgan fingerprint density at radius 2 is 1.40 bits per heavy atom. The fourth-order valence-electron chi connectivity index (χ4n) is 1.80. The summed E-state index contributed by atoms with van der Waals surface area (Å²) >= 11 is 0. The predicted molar refractivity (Wildman–Crippen MR) is 79.2 cm³/mol. The first-order valence-electron chi connectivity index (χ1n) is 6.57. The van der Waals surface area contributed by atoms with Gasteiger partial charge < -0.3 is 4.74 Å². The molecule has 134 valence electrons. The quantitative estimate of drug-likeness (QED) is 0.360. The minimum Gasteiger partial charge on any atom is -0.490 e. The first kappa shape index (κ1) is 18.7. The molecule has 2 aromatic rings. The average Bonchev–Trinajstić information content (AvgIpc) is 2.57. The summed E-state index contributed by atoms with van der Waals surface area (Å²) in [6.07, 6.45) is 1.47. The monoisotopic (exact) mass is 379 g/mol. The standard InChI is InChI=1S/C15H10F5NO3S/c1-2-7-24-9-5-3-8(4-6-9)21-25(22,23)15-13(19)11(17)10(16)12(18)14(15)20/h2-6,21H,1,7H2. The third kappa shape index (κ3) is 3.73. The highest BCUT2D eigenvalue weighted by Crippen LogP contribution is 2.28. The third-order valence-electron chi connectivity index (χ3n) is 2.91. The van der Waals surface area contributed by atoms with Gasteiger partial charge in [-0.05, 0) is 24.3 Å². The molecule has 25 heavy (non-hydrogen) atoms. The van der Waals surface area contributed by atoms with Gasteiger partial charge in [-0.25, -0.2) is 30.4 Å². The van der Waals surface area contributed by atoms with Gasteiger partial charge in [-0.3, -0.25) is 4.72 Å². The van der Waals surface area contributed by atoms with Crippen molar-refractivity contribution in [3.8, 4) is 5.75 Å². The van der Waals surface area contributed by atoms with Crippen molar-refractivity contribution in [2.75, 3.05) is 11.3 Å². The van der Waals surface area contributed by atoms with Crippen LogP contribution in [-0.2, 0) is 10.0 Å². The number of nitrogens with one attached hydrogen (secondary N) is 1. The van der Waals surface area contributed by atoms with Crippen LogP contribution < -0.4 is 9.46 Å². The summed E-state index contributed by atoms with van der Waals surface area (Å²) in [4.78, 5) is -1.96. The molecule has 1 N–H and O–H groups in total. The molecule has 10 heteroatoms. The third-order valence-corrected chi connectivity index (χ3v) is 4.31. The Kier molecular flexibility index (Phi) is 5.31. The molecule has 0 unspecified atom stereocenters. The lowest BCUT2D eigenvalue weighted by molar-refractivity contribution is 0.358. The first-order chi connectivity index (χ1) is 11.7. The van der Waals surface area contributed by atoms with E-state index in [-0.39, 0.29) is 12.3 Å². The van der Waals surface area contributed by atoms with Crippen molar-refractivity contribution in [3.05, 3.63) is 66.0 Å². The van der Waals surface area contributed by atoms with Crippen LogP contribution in [0.5, 0.6) is 5.75 Å². The van der Waals surface area contributed by atoms with Crippen molar-refractivity contribution in [2.24, 2.45) is 0 Å². The molecule has 0 heterocycles. The molecule has 0 aliphatic rings. The Bertz CT molecular complexity index is 885. The van der Waals surface area contributed by atoms with Crippen molar-refractivity contribution >= 4 is 15.7 Å². The van der Waals surface area contributed by atoms with Gasteiger partial charge in [-0.2, -0.15) is 0 Å². The van der Waals surface area contributed by atoms with Crippen LogP contribution in [0.25, 0.3) is 0 Å². The molecular weight excluding hydrogens is 369 g/mol. The molecule has 0 bridgehead atoms. The zero-order chi connectivity index (χ0) is 18.8. The van der Waals surface area contributed by atoms with Crippen molar-refractivity contribution in [1.29, 1.82) is 0 Å². The molecule has 4 nitrogen and oxygen atoms in total. The molecule has 0 radical (unpaired) electrons. The summed E-state index contributed by atoms with van der Waals surface area (Å²) in [7, 11) is -5.07. The summed E-state index contributed by atoms with van der Waals surface area (Å²) in [5, 5.41) is 0. The highest BCUT2D eigenvalue weighted by atomic mass is 32.2.